The highest BCUT2D eigenvalue weighted by molar-refractivity contribution is 6.06. The van der Waals surface area contributed by atoms with Crippen molar-refractivity contribution in [3.8, 4) is 0 Å². The molecule has 4 nitrogen and oxygen atoms in total. The molecule has 0 aromatic carbocycles. The molecule has 0 fully saturated rings. The summed E-state index contributed by atoms with van der Waals surface area (Å²) in [5.74, 6) is 0.425. The molecule has 0 aliphatic carbocycles. The summed E-state index contributed by atoms with van der Waals surface area (Å²) in [5, 5.41) is 10.5. The van der Waals surface area contributed by atoms with Gasteiger partial charge in [-0.15, -0.1) is 0 Å². The lowest BCUT2D eigenvalue weighted by Gasteiger charge is -2.15. The number of nitrogens with zero attached hydrogens (tertiary/aromatic N) is 1. The van der Waals surface area contributed by atoms with Gasteiger partial charge in [0.05, 0.1) is 5.71 Å². The summed E-state index contributed by atoms with van der Waals surface area (Å²) in [4.78, 5) is 3.80. The first kappa shape index (κ1) is 15.3. The van der Waals surface area contributed by atoms with E-state index in [9.17, 15) is 0 Å². The smallest absolute Gasteiger partial charge is 0.123 e. The van der Waals surface area contributed by atoms with Crippen LogP contribution in [0.1, 0.15) is 26.3 Å². The topological polar surface area (TPSA) is 74.8 Å². The molecule has 4 heteroatoms. The monoisotopic (exact) mass is 234 g/mol. The minimum Gasteiger partial charge on any atom is -0.384 e. The fraction of sp³-hybridized carbons (Fsp3) is 0.385. The van der Waals surface area contributed by atoms with Crippen LogP contribution in [-0.4, -0.2) is 23.3 Å². The van der Waals surface area contributed by atoms with Crippen molar-refractivity contribution in [3.05, 3.63) is 36.5 Å². The quantitative estimate of drug-likeness (QED) is 0.687. The average molecular weight is 234 g/mol. The van der Waals surface area contributed by atoms with E-state index in [0.29, 0.717) is 17.1 Å². The van der Waals surface area contributed by atoms with Crippen molar-refractivity contribution in [1.29, 1.82) is 5.41 Å². The molecule has 1 rings (SSSR count). The van der Waals surface area contributed by atoms with Crippen molar-refractivity contribution in [1.82, 2.24) is 10.3 Å². The number of nitrogens with two attached hydrogens (primary N) is 1. The van der Waals surface area contributed by atoms with Gasteiger partial charge in [-0.2, -0.15) is 0 Å². The second-order valence-electron chi connectivity index (χ2n) is 4.59. The average Bonchev–Trinajstić information content (AvgIpc) is 2.28. The molecule has 0 bridgehead atoms. The third-order valence-electron chi connectivity index (χ3n) is 2.05. The summed E-state index contributed by atoms with van der Waals surface area (Å²) in [5.41, 5.74) is 6.80. The summed E-state index contributed by atoms with van der Waals surface area (Å²) in [6.45, 7) is 9.88. The van der Waals surface area contributed by atoms with Crippen LogP contribution >= 0.6 is 0 Å². The molecule has 0 atom stereocenters. The van der Waals surface area contributed by atoms with Gasteiger partial charge in [0.25, 0.3) is 0 Å². The van der Waals surface area contributed by atoms with E-state index in [1.54, 1.807) is 18.3 Å². The molecule has 0 saturated carbocycles. The second kappa shape index (κ2) is 6.81. The molecule has 4 N–H and O–H groups in total. The summed E-state index contributed by atoms with van der Waals surface area (Å²) >= 11 is 0. The molecular formula is C13H22N4. The molecule has 17 heavy (non-hydrogen) atoms. The first-order valence-corrected chi connectivity index (χ1v) is 5.42. The predicted octanol–water partition coefficient (Wildman–Crippen LogP) is 2.22. The van der Waals surface area contributed by atoms with E-state index in [4.69, 9.17) is 11.1 Å². The zero-order valence-corrected chi connectivity index (χ0v) is 11.0. The van der Waals surface area contributed by atoms with Crippen LogP contribution in [0.15, 0.2) is 31.0 Å². The fourth-order valence-electron chi connectivity index (χ4n) is 0.734. The van der Waals surface area contributed by atoms with Crippen LogP contribution in [0.5, 0.6) is 0 Å². The standard InChI is InChI=1S/C8H9N3.C5H13N/c1-2-7(9)6-3-4-11-8(10)5-6;1-5(2,3)6-4/h2-5,9H,1H2,(H2,10,11);6H,1-4H3. The molecule has 1 aromatic rings. The van der Waals surface area contributed by atoms with E-state index in [0.717, 1.165) is 5.56 Å². The normalized spacial score (nSPS) is 10.1. The first-order chi connectivity index (χ1) is 7.80. The Hall–Kier alpha value is -1.68. The van der Waals surface area contributed by atoms with Crippen LogP contribution in [-0.2, 0) is 0 Å². The number of nitrogen functional groups attached to an aromatic ring is 1. The molecule has 1 aromatic heterocycles. The van der Waals surface area contributed by atoms with E-state index in [2.05, 4.69) is 37.7 Å². The number of hydrogen-bond donors (Lipinski definition) is 3. The lowest BCUT2D eigenvalue weighted by molar-refractivity contribution is 0.469. The Balaban J connectivity index is 0.000000366. The minimum absolute atomic E-state index is 0.292. The molecule has 0 saturated heterocycles. The lowest BCUT2D eigenvalue weighted by atomic mass is 10.1. The van der Waals surface area contributed by atoms with Crippen LogP contribution < -0.4 is 11.1 Å². The SMILES string of the molecule is C=CC(=N)c1ccnc(N)c1.CNC(C)(C)C. The molecule has 1 heterocycles. The number of anilines is 1. The molecule has 0 aliphatic rings. The third-order valence-corrected chi connectivity index (χ3v) is 2.05. The van der Waals surface area contributed by atoms with Crippen molar-refractivity contribution >= 4 is 11.5 Å². The van der Waals surface area contributed by atoms with Gasteiger partial charge in [-0.25, -0.2) is 4.98 Å². The highest BCUT2D eigenvalue weighted by Crippen LogP contribution is 2.03. The molecule has 0 radical (unpaired) electrons. The zero-order valence-electron chi connectivity index (χ0n) is 11.0. The van der Waals surface area contributed by atoms with Gasteiger partial charge in [-0.05, 0) is 46.0 Å². The Morgan fingerprint density at radius 1 is 1.53 bits per heavy atom. The number of allylic oxidation sites excluding steroid dienone is 1. The maximum absolute atomic E-state index is 7.37. The van der Waals surface area contributed by atoms with E-state index < -0.39 is 0 Å². The van der Waals surface area contributed by atoms with E-state index in [-0.39, 0.29) is 0 Å². The molecule has 0 aliphatic heterocycles. The fourth-order valence-corrected chi connectivity index (χ4v) is 0.734. The van der Waals surface area contributed by atoms with Gasteiger partial charge in [-0.1, -0.05) is 6.58 Å². The summed E-state index contributed by atoms with van der Waals surface area (Å²) in [7, 11) is 1.96. The number of rotatable bonds is 2. The molecular weight excluding hydrogens is 212 g/mol. The van der Waals surface area contributed by atoms with Crippen LogP contribution in [0.3, 0.4) is 0 Å². The van der Waals surface area contributed by atoms with E-state index >= 15 is 0 Å². The first-order valence-electron chi connectivity index (χ1n) is 5.42. The largest absolute Gasteiger partial charge is 0.384 e. The van der Waals surface area contributed by atoms with Gasteiger partial charge in [-0.3, -0.25) is 0 Å². The minimum atomic E-state index is 0.292. The number of hydrogen-bond acceptors (Lipinski definition) is 4. The Labute approximate surface area is 103 Å². The number of nitrogens with one attached hydrogen (secondary N) is 2. The van der Waals surface area contributed by atoms with Crippen LogP contribution in [0.25, 0.3) is 0 Å². The van der Waals surface area contributed by atoms with Gasteiger partial charge < -0.3 is 16.5 Å². The van der Waals surface area contributed by atoms with Crippen molar-refractivity contribution in [2.24, 2.45) is 0 Å². The zero-order chi connectivity index (χ0) is 13.5. The van der Waals surface area contributed by atoms with Crippen LogP contribution in [0.4, 0.5) is 5.82 Å². The number of pyridine rings is 1. The van der Waals surface area contributed by atoms with Gasteiger partial charge in [0.15, 0.2) is 0 Å². The van der Waals surface area contributed by atoms with Gasteiger partial charge in [0.2, 0.25) is 0 Å². The Kier molecular flexibility index (Phi) is 6.13. The molecule has 0 amide bonds. The van der Waals surface area contributed by atoms with Crippen LogP contribution in [0.2, 0.25) is 0 Å². The van der Waals surface area contributed by atoms with Crippen molar-refractivity contribution < 1.29 is 0 Å². The maximum atomic E-state index is 7.37. The Bertz CT molecular complexity index is 377. The summed E-state index contributed by atoms with van der Waals surface area (Å²) < 4.78 is 0. The van der Waals surface area contributed by atoms with Crippen LogP contribution in [0, 0.1) is 5.41 Å². The highest BCUT2D eigenvalue weighted by Gasteiger charge is 2.01. The van der Waals surface area contributed by atoms with Crippen molar-refractivity contribution in [2.75, 3.05) is 12.8 Å². The Morgan fingerprint density at radius 3 is 2.41 bits per heavy atom. The van der Waals surface area contributed by atoms with Crippen molar-refractivity contribution in [2.45, 2.75) is 26.3 Å². The molecule has 0 unspecified atom stereocenters. The van der Waals surface area contributed by atoms with E-state index in [1.807, 2.05) is 7.05 Å². The van der Waals surface area contributed by atoms with Gasteiger partial charge in [0.1, 0.15) is 5.82 Å². The van der Waals surface area contributed by atoms with Crippen molar-refractivity contribution in [3.63, 3.8) is 0 Å². The van der Waals surface area contributed by atoms with Gasteiger partial charge in [0, 0.05) is 17.3 Å². The molecule has 94 valence electrons. The van der Waals surface area contributed by atoms with Gasteiger partial charge >= 0.3 is 0 Å². The second-order valence-corrected chi connectivity index (χ2v) is 4.59. The third kappa shape index (κ3) is 7.25. The Morgan fingerprint density at radius 2 is 2.06 bits per heavy atom. The number of aromatic nitrogens is 1. The predicted molar refractivity (Wildman–Crippen MR) is 74.5 cm³/mol. The summed E-state index contributed by atoms with van der Waals surface area (Å²) in [6, 6.07) is 3.37. The summed E-state index contributed by atoms with van der Waals surface area (Å²) in [6.07, 6.45) is 3.04. The van der Waals surface area contributed by atoms with E-state index in [1.165, 1.54) is 6.08 Å². The maximum Gasteiger partial charge on any atom is 0.123 e. The molecule has 0 spiro atoms. The lowest BCUT2D eigenvalue weighted by Crippen LogP contribution is -2.31. The highest BCUT2D eigenvalue weighted by atomic mass is 14.9.